The number of aliphatic imine (C=N–C) groups is 1. The fraction of sp³-hybridized carbons (Fsp3) is 0.667. The molecule has 1 saturated carbocycles. The molecule has 0 aromatic heterocycles. The third-order valence-corrected chi connectivity index (χ3v) is 7.04. The van der Waals surface area contributed by atoms with Gasteiger partial charge >= 0.3 is 0 Å². The summed E-state index contributed by atoms with van der Waals surface area (Å²) < 4.78 is 25.6. The van der Waals surface area contributed by atoms with Gasteiger partial charge in [-0.25, -0.2) is 4.39 Å². The van der Waals surface area contributed by atoms with Crippen LogP contribution in [-0.2, 0) is 4.74 Å². The summed E-state index contributed by atoms with van der Waals surface area (Å²) in [6.07, 6.45) is 6.60. The fourth-order valence-electron chi connectivity index (χ4n) is 3.32. The molecule has 2 N–H and O–H groups in total. The van der Waals surface area contributed by atoms with Crippen LogP contribution in [0.1, 0.15) is 44.2 Å². The van der Waals surface area contributed by atoms with E-state index >= 15 is 0 Å². The second-order valence-corrected chi connectivity index (χ2v) is 9.01. The number of nitrogens with one attached hydrogen (secondary N) is 2. The monoisotopic (exact) mass is 409 g/mol. The van der Waals surface area contributed by atoms with Gasteiger partial charge in [-0.15, -0.1) is 0 Å². The molecule has 0 radical (unpaired) electrons. The van der Waals surface area contributed by atoms with Crippen LogP contribution >= 0.6 is 11.8 Å². The summed E-state index contributed by atoms with van der Waals surface area (Å²) in [7, 11) is 1.76. The number of hydrogen-bond donors (Lipinski definition) is 2. The van der Waals surface area contributed by atoms with Gasteiger partial charge in [-0.05, 0) is 62.5 Å². The largest absolute Gasteiger partial charge is 0.490 e. The summed E-state index contributed by atoms with van der Waals surface area (Å²) in [6, 6.07) is 5.12. The van der Waals surface area contributed by atoms with E-state index in [2.05, 4.69) is 21.9 Å². The molecule has 1 saturated heterocycles. The summed E-state index contributed by atoms with van der Waals surface area (Å²) in [5, 5.41) is 6.80. The summed E-state index contributed by atoms with van der Waals surface area (Å²) >= 11 is 1.89. The highest BCUT2D eigenvalue weighted by atomic mass is 32.2. The first-order valence-corrected chi connectivity index (χ1v) is 11.3. The van der Waals surface area contributed by atoms with Gasteiger partial charge in [0, 0.05) is 31.6 Å². The van der Waals surface area contributed by atoms with E-state index in [9.17, 15) is 4.39 Å². The van der Waals surface area contributed by atoms with Crippen molar-refractivity contribution in [1.82, 2.24) is 10.6 Å². The zero-order chi connectivity index (χ0) is 20.0. The molecule has 1 aromatic carbocycles. The molecule has 0 spiro atoms. The van der Waals surface area contributed by atoms with Crippen molar-refractivity contribution >= 4 is 17.7 Å². The minimum Gasteiger partial charge on any atom is -0.490 e. The van der Waals surface area contributed by atoms with Crippen molar-refractivity contribution in [3.05, 3.63) is 29.6 Å². The highest BCUT2D eigenvalue weighted by molar-refractivity contribution is 8.00. The van der Waals surface area contributed by atoms with Crippen molar-refractivity contribution in [1.29, 1.82) is 0 Å². The molecular formula is C21H32FN3O2S. The van der Waals surface area contributed by atoms with Crippen LogP contribution in [0.3, 0.4) is 0 Å². The van der Waals surface area contributed by atoms with Crippen molar-refractivity contribution in [3.8, 4) is 5.75 Å². The smallest absolute Gasteiger partial charge is 0.191 e. The van der Waals surface area contributed by atoms with E-state index in [1.807, 2.05) is 24.8 Å². The fourth-order valence-corrected chi connectivity index (χ4v) is 4.11. The van der Waals surface area contributed by atoms with E-state index in [1.165, 1.54) is 12.8 Å². The van der Waals surface area contributed by atoms with E-state index in [4.69, 9.17) is 9.47 Å². The first kappa shape index (κ1) is 21.2. The number of rotatable bonds is 8. The number of halogens is 1. The highest BCUT2D eigenvalue weighted by Gasteiger charge is 2.32. The van der Waals surface area contributed by atoms with E-state index in [-0.39, 0.29) is 16.6 Å². The van der Waals surface area contributed by atoms with Crippen LogP contribution < -0.4 is 15.4 Å². The van der Waals surface area contributed by atoms with Crippen LogP contribution in [0.2, 0.25) is 0 Å². The first-order chi connectivity index (χ1) is 13.5. The predicted molar refractivity (Wildman–Crippen MR) is 114 cm³/mol. The molecule has 1 aromatic rings. The van der Waals surface area contributed by atoms with E-state index < -0.39 is 0 Å². The van der Waals surface area contributed by atoms with Gasteiger partial charge in [0.25, 0.3) is 0 Å². The molecule has 1 atom stereocenters. The molecule has 1 aliphatic heterocycles. The van der Waals surface area contributed by atoms with Crippen LogP contribution in [0.4, 0.5) is 4.39 Å². The van der Waals surface area contributed by atoms with Gasteiger partial charge in [0.05, 0.1) is 12.6 Å². The molecule has 156 valence electrons. The predicted octanol–water partition coefficient (Wildman–Crippen LogP) is 3.75. The van der Waals surface area contributed by atoms with Gasteiger partial charge in [-0.1, -0.05) is 6.07 Å². The van der Waals surface area contributed by atoms with Gasteiger partial charge < -0.3 is 20.1 Å². The van der Waals surface area contributed by atoms with Crippen molar-refractivity contribution in [2.75, 3.05) is 39.7 Å². The SMILES string of the molecule is CN=C(NCC1(SC)CCOCC1)NC(C)c1ccc(OCC2CC2)c(F)c1. The molecule has 3 rings (SSSR count). The highest BCUT2D eigenvalue weighted by Crippen LogP contribution is 2.33. The lowest BCUT2D eigenvalue weighted by molar-refractivity contribution is 0.0782. The second kappa shape index (κ2) is 9.83. The van der Waals surface area contributed by atoms with Crippen molar-refractivity contribution in [2.45, 2.75) is 43.4 Å². The average molecular weight is 410 g/mol. The number of benzene rings is 1. The molecule has 1 heterocycles. The zero-order valence-corrected chi connectivity index (χ0v) is 17.9. The molecule has 0 bridgehead atoms. The summed E-state index contributed by atoms with van der Waals surface area (Å²) in [4.78, 5) is 4.33. The normalized spacial score (nSPS) is 20.5. The maximum Gasteiger partial charge on any atom is 0.191 e. The molecular weight excluding hydrogens is 377 g/mol. The van der Waals surface area contributed by atoms with Crippen LogP contribution in [0.15, 0.2) is 23.2 Å². The number of guanidine groups is 1. The maximum atomic E-state index is 14.4. The number of ether oxygens (including phenoxy) is 2. The summed E-state index contributed by atoms with van der Waals surface area (Å²) in [5.41, 5.74) is 0.866. The Balaban J connectivity index is 1.54. The third kappa shape index (κ3) is 5.77. The topological polar surface area (TPSA) is 54.9 Å². The first-order valence-electron chi connectivity index (χ1n) is 10.1. The lowest BCUT2D eigenvalue weighted by atomic mass is 9.99. The van der Waals surface area contributed by atoms with Crippen LogP contribution in [-0.4, -0.2) is 50.4 Å². The van der Waals surface area contributed by atoms with Gasteiger partial charge in [0.15, 0.2) is 17.5 Å². The standard InChI is InChI=1S/C21H32FN3O2S/c1-15(17-6-7-19(18(22)12-17)27-13-16-4-5-16)25-20(23-2)24-14-21(28-3)8-10-26-11-9-21/h6-7,12,15-16H,4-5,8-11,13-14H2,1-3H3,(H2,23,24,25). The van der Waals surface area contributed by atoms with Crippen molar-refractivity contribution < 1.29 is 13.9 Å². The molecule has 7 heteroatoms. The number of hydrogen-bond acceptors (Lipinski definition) is 4. The molecule has 0 amide bonds. The second-order valence-electron chi connectivity index (χ2n) is 7.74. The van der Waals surface area contributed by atoms with E-state index in [0.717, 1.165) is 44.1 Å². The summed E-state index contributed by atoms with van der Waals surface area (Å²) in [6.45, 7) is 5.05. The van der Waals surface area contributed by atoms with Crippen molar-refractivity contribution in [2.24, 2.45) is 10.9 Å². The molecule has 2 aliphatic rings. The minimum absolute atomic E-state index is 0.0712. The minimum atomic E-state index is -0.307. The Labute approximate surface area is 171 Å². The molecule has 28 heavy (non-hydrogen) atoms. The Morgan fingerprint density at radius 1 is 1.39 bits per heavy atom. The Kier molecular flexibility index (Phi) is 7.46. The van der Waals surface area contributed by atoms with Crippen LogP contribution in [0.5, 0.6) is 5.75 Å². The van der Waals surface area contributed by atoms with Gasteiger partial charge in [-0.3, -0.25) is 4.99 Å². The molecule has 5 nitrogen and oxygen atoms in total. The van der Waals surface area contributed by atoms with E-state index in [1.54, 1.807) is 19.2 Å². The average Bonchev–Trinajstić information content (AvgIpc) is 3.55. The van der Waals surface area contributed by atoms with Crippen LogP contribution in [0.25, 0.3) is 0 Å². The van der Waals surface area contributed by atoms with Crippen molar-refractivity contribution in [3.63, 3.8) is 0 Å². The molecule has 2 fully saturated rings. The summed E-state index contributed by atoms with van der Waals surface area (Å²) in [5.74, 6) is 1.36. The zero-order valence-electron chi connectivity index (χ0n) is 17.1. The maximum absolute atomic E-state index is 14.4. The van der Waals surface area contributed by atoms with E-state index in [0.29, 0.717) is 18.3 Å². The molecule has 1 aliphatic carbocycles. The Hall–Kier alpha value is -1.47. The van der Waals surface area contributed by atoms with Gasteiger partial charge in [-0.2, -0.15) is 11.8 Å². The van der Waals surface area contributed by atoms with Gasteiger partial charge in [0.2, 0.25) is 0 Å². The quantitative estimate of drug-likeness (QED) is 0.506. The Bertz CT molecular complexity index is 676. The van der Waals surface area contributed by atoms with Crippen LogP contribution in [0, 0.1) is 11.7 Å². The Morgan fingerprint density at radius 3 is 2.75 bits per heavy atom. The molecule has 1 unspecified atom stereocenters. The number of thioether (sulfide) groups is 1. The Morgan fingerprint density at radius 2 is 2.14 bits per heavy atom. The number of nitrogens with zero attached hydrogens (tertiary/aromatic N) is 1. The third-order valence-electron chi connectivity index (χ3n) is 5.62. The van der Waals surface area contributed by atoms with Gasteiger partial charge in [0.1, 0.15) is 0 Å². The lowest BCUT2D eigenvalue weighted by Gasteiger charge is -2.36. The lowest BCUT2D eigenvalue weighted by Crippen LogP contribution is -2.48.